The second kappa shape index (κ2) is 10.4. The highest BCUT2D eigenvalue weighted by molar-refractivity contribution is 7.89. The molecule has 2 aromatic carbocycles. The number of anilines is 2. The summed E-state index contributed by atoms with van der Waals surface area (Å²) in [6.07, 6.45) is 3.80. The molecule has 9 heteroatoms. The quantitative estimate of drug-likeness (QED) is 0.681. The van der Waals surface area contributed by atoms with Gasteiger partial charge >= 0.3 is 0 Å². The molecule has 2 N–H and O–H groups in total. The molecule has 0 bridgehead atoms. The molecule has 3 rings (SSSR count). The zero-order valence-electron chi connectivity index (χ0n) is 17.5. The van der Waals surface area contributed by atoms with Gasteiger partial charge in [-0.1, -0.05) is 18.9 Å². The summed E-state index contributed by atoms with van der Waals surface area (Å²) in [6.45, 7) is 2.23. The van der Waals surface area contributed by atoms with Gasteiger partial charge in [-0.15, -0.1) is 0 Å². The summed E-state index contributed by atoms with van der Waals surface area (Å²) >= 11 is 0. The van der Waals surface area contributed by atoms with Gasteiger partial charge in [-0.05, 0) is 55.3 Å². The summed E-state index contributed by atoms with van der Waals surface area (Å²) in [6, 6.07) is 12.9. The molecule has 1 fully saturated rings. The highest BCUT2D eigenvalue weighted by Gasteiger charge is 2.25. The average Bonchev–Trinajstić information content (AvgIpc) is 3.03. The number of nitrogens with one attached hydrogen (secondary N) is 2. The van der Waals surface area contributed by atoms with Crippen LogP contribution in [0.5, 0.6) is 5.75 Å². The Balaban J connectivity index is 1.58. The Hall–Kier alpha value is -2.91. The maximum atomic E-state index is 12.9. The van der Waals surface area contributed by atoms with Gasteiger partial charge in [-0.3, -0.25) is 9.59 Å². The lowest BCUT2D eigenvalue weighted by atomic mass is 10.2. The first kappa shape index (κ1) is 22.8. The zero-order valence-corrected chi connectivity index (χ0v) is 18.3. The highest BCUT2D eigenvalue weighted by Crippen LogP contribution is 2.23. The first-order valence-corrected chi connectivity index (χ1v) is 11.7. The zero-order chi connectivity index (χ0) is 22.3. The minimum absolute atomic E-state index is 0.168. The Kier molecular flexibility index (Phi) is 7.64. The molecule has 0 atom stereocenters. The lowest BCUT2D eigenvalue weighted by Crippen LogP contribution is -2.32. The van der Waals surface area contributed by atoms with Crippen LogP contribution in [0.25, 0.3) is 0 Å². The van der Waals surface area contributed by atoms with Crippen LogP contribution in [0.2, 0.25) is 0 Å². The number of hydrogen-bond donors (Lipinski definition) is 2. The Morgan fingerprint density at radius 1 is 0.935 bits per heavy atom. The number of carbonyl (C=O) groups is 2. The number of sulfonamides is 1. The fourth-order valence-electron chi connectivity index (χ4n) is 3.35. The summed E-state index contributed by atoms with van der Waals surface area (Å²) < 4.78 is 32.9. The molecule has 166 valence electrons. The van der Waals surface area contributed by atoms with E-state index >= 15 is 0 Å². The molecule has 0 spiro atoms. The third-order valence-electron chi connectivity index (χ3n) is 4.87. The Morgan fingerprint density at radius 3 is 2.26 bits per heavy atom. The molecular weight excluding hydrogens is 418 g/mol. The van der Waals surface area contributed by atoms with E-state index in [1.54, 1.807) is 42.5 Å². The molecule has 1 aliphatic rings. The fourth-order valence-corrected chi connectivity index (χ4v) is 4.91. The van der Waals surface area contributed by atoms with Gasteiger partial charge in [-0.2, -0.15) is 4.31 Å². The van der Waals surface area contributed by atoms with Crippen LogP contribution in [-0.2, 0) is 19.6 Å². The van der Waals surface area contributed by atoms with Gasteiger partial charge in [0.05, 0.1) is 4.90 Å². The van der Waals surface area contributed by atoms with Crippen molar-refractivity contribution in [1.82, 2.24) is 4.31 Å². The number of rotatable bonds is 7. The molecule has 0 unspecified atom stereocenters. The van der Waals surface area contributed by atoms with Crippen LogP contribution < -0.4 is 15.4 Å². The summed E-state index contributed by atoms with van der Waals surface area (Å²) in [7, 11) is -3.59. The van der Waals surface area contributed by atoms with Crippen molar-refractivity contribution < 1.29 is 22.7 Å². The molecule has 0 radical (unpaired) electrons. The van der Waals surface area contributed by atoms with Crippen molar-refractivity contribution in [2.45, 2.75) is 37.5 Å². The second-order valence-corrected chi connectivity index (χ2v) is 9.33. The van der Waals surface area contributed by atoms with E-state index < -0.39 is 15.9 Å². The Morgan fingerprint density at radius 2 is 1.61 bits per heavy atom. The van der Waals surface area contributed by atoms with E-state index in [0.29, 0.717) is 30.2 Å². The smallest absolute Gasteiger partial charge is 0.262 e. The predicted octanol–water partition coefficient (Wildman–Crippen LogP) is 3.23. The number of carbonyl (C=O) groups excluding carboxylic acids is 2. The molecule has 1 heterocycles. The number of hydrogen-bond acceptors (Lipinski definition) is 5. The van der Waals surface area contributed by atoms with E-state index in [-0.39, 0.29) is 17.4 Å². The van der Waals surface area contributed by atoms with E-state index in [2.05, 4.69) is 10.6 Å². The third-order valence-corrected chi connectivity index (χ3v) is 6.76. The van der Waals surface area contributed by atoms with E-state index in [0.717, 1.165) is 25.7 Å². The van der Waals surface area contributed by atoms with E-state index in [4.69, 9.17) is 4.74 Å². The standard InChI is InChI=1S/C22H27N3O5S/c1-17(26)23-18-9-11-20(12-10-18)30-16-22(27)24-19-7-6-8-21(15-19)31(28,29)25-13-4-2-3-5-14-25/h6-12,15H,2-5,13-14,16H2,1H3,(H,23,26)(H,24,27). The summed E-state index contributed by atoms with van der Waals surface area (Å²) in [4.78, 5) is 23.5. The maximum Gasteiger partial charge on any atom is 0.262 e. The molecular formula is C22H27N3O5S. The van der Waals surface area contributed by atoms with E-state index in [1.807, 2.05) is 0 Å². The SMILES string of the molecule is CC(=O)Nc1ccc(OCC(=O)Nc2cccc(S(=O)(=O)N3CCCCCC3)c2)cc1. The summed E-state index contributed by atoms with van der Waals surface area (Å²) in [5.41, 5.74) is 1.03. The van der Waals surface area contributed by atoms with Crippen LogP contribution in [0.15, 0.2) is 53.4 Å². The van der Waals surface area contributed by atoms with Crippen molar-refractivity contribution in [2.24, 2.45) is 0 Å². The number of ether oxygens (including phenoxy) is 1. The Labute approximate surface area is 182 Å². The van der Waals surface area contributed by atoms with Gasteiger partial charge < -0.3 is 15.4 Å². The van der Waals surface area contributed by atoms with Gasteiger partial charge in [0.2, 0.25) is 15.9 Å². The average molecular weight is 446 g/mol. The molecule has 8 nitrogen and oxygen atoms in total. The van der Waals surface area contributed by atoms with Crippen molar-refractivity contribution in [1.29, 1.82) is 0 Å². The lowest BCUT2D eigenvalue weighted by molar-refractivity contribution is -0.118. The van der Waals surface area contributed by atoms with Gasteiger partial charge in [0.25, 0.3) is 5.91 Å². The third kappa shape index (κ3) is 6.53. The van der Waals surface area contributed by atoms with Crippen molar-refractivity contribution in [3.8, 4) is 5.75 Å². The second-order valence-electron chi connectivity index (χ2n) is 7.39. The fraction of sp³-hybridized carbons (Fsp3) is 0.364. The van der Waals surface area contributed by atoms with Crippen LogP contribution in [0.1, 0.15) is 32.6 Å². The molecule has 31 heavy (non-hydrogen) atoms. The Bertz CT molecular complexity index is 1010. The van der Waals surface area contributed by atoms with Gasteiger partial charge in [0.1, 0.15) is 5.75 Å². The van der Waals surface area contributed by atoms with Crippen molar-refractivity contribution in [3.05, 3.63) is 48.5 Å². The first-order chi connectivity index (χ1) is 14.8. The molecule has 0 aliphatic carbocycles. The topological polar surface area (TPSA) is 105 Å². The number of benzene rings is 2. The molecule has 1 aliphatic heterocycles. The lowest BCUT2D eigenvalue weighted by Gasteiger charge is -2.20. The minimum atomic E-state index is -3.59. The van der Waals surface area contributed by atoms with Crippen molar-refractivity contribution in [2.75, 3.05) is 30.3 Å². The van der Waals surface area contributed by atoms with Crippen molar-refractivity contribution >= 4 is 33.2 Å². The largest absolute Gasteiger partial charge is 0.484 e. The number of nitrogens with zero attached hydrogens (tertiary/aromatic N) is 1. The van der Waals surface area contributed by atoms with E-state index in [9.17, 15) is 18.0 Å². The van der Waals surface area contributed by atoms with Gasteiger partial charge in [0, 0.05) is 31.4 Å². The van der Waals surface area contributed by atoms with Crippen LogP contribution >= 0.6 is 0 Å². The molecule has 1 saturated heterocycles. The summed E-state index contributed by atoms with van der Waals surface area (Å²) in [5.74, 6) is -0.106. The van der Waals surface area contributed by atoms with Crippen LogP contribution in [0.3, 0.4) is 0 Å². The summed E-state index contributed by atoms with van der Waals surface area (Å²) in [5, 5.41) is 5.32. The van der Waals surface area contributed by atoms with Crippen LogP contribution in [-0.4, -0.2) is 44.2 Å². The number of amides is 2. The molecule has 0 saturated carbocycles. The molecule has 2 amide bonds. The predicted molar refractivity (Wildman–Crippen MR) is 119 cm³/mol. The highest BCUT2D eigenvalue weighted by atomic mass is 32.2. The molecule has 0 aromatic heterocycles. The normalized spacial score (nSPS) is 15.0. The van der Waals surface area contributed by atoms with Crippen LogP contribution in [0, 0.1) is 0 Å². The van der Waals surface area contributed by atoms with Crippen molar-refractivity contribution in [3.63, 3.8) is 0 Å². The maximum absolute atomic E-state index is 12.9. The van der Waals surface area contributed by atoms with E-state index in [1.165, 1.54) is 17.3 Å². The minimum Gasteiger partial charge on any atom is -0.484 e. The molecule has 2 aromatic rings. The van der Waals surface area contributed by atoms with Gasteiger partial charge in [-0.25, -0.2) is 8.42 Å². The first-order valence-electron chi connectivity index (χ1n) is 10.2. The van der Waals surface area contributed by atoms with Crippen LogP contribution in [0.4, 0.5) is 11.4 Å². The monoisotopic (exact) mass is 445 g/mol. The van der Waals surface area contributed by atoms with Gasteiger partial charge in [0.15, 0.2) is 6.61 Å².